The summed E-state index contributed by atoms with van der Waals surface area (Å²) >= 11 is 14.7. The summed E-state index contributed by atoms with van der Waals surface area (Å²) in [5.74, 6) is 0.921. The van der Waals surface area contributed by atoms with E-state index in [2.05, 4.69) is 26.6 Å². The molecule has 1 amide bonds. The monoisotopic (exact) mass is 456 g/mol. The Balaban J connectivity index is 1.99. The summed E-state index contributed by atoms with van der Waals surface area (Å²) in [5, 5.41) is 6.15. The molecule has 0 fully saturated rings. The van der Waals surface area contributed by atoms with Crippen molar-refractivity contribution in [1.82, 2.24) is 5.32 Å². The van der Waals surface area contributed by atoms with E-state index in [-0.39, 0.29) is 11.0 Å². The van der Waals surface area contributed by atoms with Gasteiger partial charge in [0.05, 0.1) is 23.2 Å². The molecule has 8 heteroatoms. The van der Waals surface area contributed by atoms with Gasteiger partial charge in [-0.3, -0.25) is 10.1 Å². The molecule has 2 rings (SSSR count). The number of ether oxygens (including phenoxy) is 2. The number of carbonyl (C=O) groups is 1. The molecule has 2 aromatic rings. The first-order valence-corrected chi connectivity index (χ1v) is 9.40. The van der Waals surface area contributed by atoms with Crippen molar-refractivity contribution in [2.45, 2.75) is 13.3 Å². The Morgan fingerprint density at radius 1 is 1.23 bits per heavy atom. The highest BCUT2D eigenvalue weighted by atomic mass is 79.9. The van der Waals surface area contributed by atoms with Crippen molar-refractivity contribution >= 4 is 56.5 Å². The minimum Gasteiger partial charge on any atom is -0.495 e. The first-order chi connectivity index (χ1) is 12.4. The van der Waals surface area contributed by atoms with Crippen molar-refractivity contribution in [3.63, 3.8) is 0 Å². The second-order valence-corrected chi connectivity index (χ2v) is 6.92. The molecule has 0 aromatic heterocycles. The third-order valence-corrected chi connectivity index (χ3v) is 4.41. The number of anilines is 1. The Morgan fingerprint density at radius 3 is 2.58 bits per heavy atom. The highest BCUT2D eigenvalue weighted by molar-refractivity contribution is 9.10. The maximum atomic E-state index is 12.3. The number of rotatable bonds is 6. The molecule has 0 radical (unpaired) electrons. The SMILES string of the molecule is CCCOc1ccc(C(=O)NC(=S)Nc2ccc(OC)c(Cl)c2)cc1Br. The Morgan fingerprint density at radius 2 is 1.96 bits per heavy atom. The Labute approximate surface area is 171 Å². The van der Waals surface area contributed by atoms with Crippen LogP contribution >= 0.6 is 39.7 Å². The van der Waals surface area contributed by atoms with E-state index >= 15 is 0 Å². The van der Waals surface area contributed by atoms with E-state index < -0.39 is 0 Å². The van der Waals surface area contributed by atoms with E-state index in [1.54, 1.807) is 36.4 Å². The van der Waals surface area contributed by atoms with E-state index in [1.807, 2.05) is 6.92 Å². The number of nitrogens with one attached hydrogen (secondary N) is 2. The summed E-state index contributed by atoms with van der Waals surface area (Å²) in [5.41, 5.74) is 1.10. The summed E-state index contributed by atoms with van der Waals surface area (Å²) in [6.45, 7) is 2.64. The fourth-order valence-electron chi connectivity index (χ4n) is 2.05. The Bertz CT molecular complexity index is 817. The van der Waals surface area contributed by atoms with E-state index in [1.165, 1.54) is 7.11 Å². The number of hydrogen-bond donors (Lipinski definition) is 2. The van der Waals surface area contributed by atoms with Crippen LogP contribution in [-0.2, 0) is 0 Å². The molecule has 0 unspecified atom stereocenters. The zero-order valence-electron chi connectivity index (χ0n) is 14.3. The summed E-state index contributed by atoms with van der Waals surface area (Å²) < 4.78 is 11.4. The van der Waals surface area contributed by atoms with Gasteiger partial charge in [-0.05, 0) is 71.0 Å². The Kier molecular flexibility index (Phi) is 7.68. The van der Waals surface area contributed by atoms with Gasteiger partial charge in [0.15, 0.2) is 5.11 Å². The van der Waals surface area contributed by atoms with E-state index in [0.29, 0.717) is 38.9 Å². The number of benzene rings is 2. The average Bonchev–Trinajstić information content (AvgIpc) is 2.60. The zero-order chi connectivity index (χ0) is 19.1. The number of thiocarbonyl (C=S) groups is 1. The fraction of sp³-hybridized carbons (Fsp3) is 0.222. The summed E-state index contributed by atoms with van der Waals surface area (Å²) in [6, 6.07) is 10.2. The molecule has 2 aromatic carbocycles. The average molecular weight is 458 g/mol. The molecule has 26 heavy (non-hydrogen) atoms. The van der Waals surface area contributed by atoms with Crippen molar-refractivity contribution in [1.29, 1.82) is 0 Å². The van der Waals surface area contributed by atoms with Crippen molar-refractivity contribution in [2.75, 3.05) is 19.0 Å². The minimum atomic E-state index is -0.329. The molecule has 0 aliphatic carbocycles. The Hall–Kier alpha value is -1.83. The molecular formula is C18H18BrClN2O3S. The van der Waals surface area contributed by atoms with E-state index in [9.17, 15) is 4.79 Å². The number of amides is 1. The molecule has 0 aliphatic rings. The van der Waals surface area contributed by atoms with Crippen LogP contribution in [0.1, 0.15) is 23.7 Å². The molecular weight excluding hydrogens is 440 g/mol. The van der Waals surface area contributed by atoms with Crippen molar-refractivity contribution in [2.24, 2.45) is 0 Å². The predicted octanol–water partition coefficient (Wildman–Crippen LogP) is 5.03. The van der Waals surface area contributed by atoms with Crippen LogP contribution < -0.4 is 20.1 Å². The molecule has 0 heterocycles. The van der Waals surface area contributed by atoms with Gasteiger partial charge in [0.25, 0.3) is 5.91 Å². The lowest BCUT2D eigenvalue weighted by Crippen LogP contribution is -2.34. The summed E-state index contributed by atoms with van der Waals surface area (Å²) in [7, 11) is 1.54. The van der Waals surface area contributed by atoms with Gasteiger partial charge in [0, 0.05) is 11.3 Å². The fourth-order valence-corrected chi connectivity index (χ4v) is 3.01. The maximum Gasteiger partial charge on any atom is 0.257 e. The lowest BCUT2D eigenvalue weighted by Gasteiger charge is -2.12. The summed E-state index contributed by atoms with van der Waals surface area (Å²) in [6.07, 6.45) is 0.907. The van der Waals surface area contributed by atoms with Gasteiger partial charge < -0.3 is 14.8 Å². The van der Waals surface area contributed by atoms with Gasteiger partial charge in [-0.1, -0.05) is 18.5 Å². The second-order valence-electron chi connectivity index (χ2n) is 5.25. The molecule has 5 nitrogen and oxygen atoms in total. The van der Waals surface area contributed by atoms with Crippen LogP contribution in [-0.4, -0.2) is 24.7 Å². The van der Waals surface area contributed by atoms with Crippen LogP contribution in [0.5, 0.6) is 11.5 Å². The largest absolute Gasteiger partial charge is 0.495 e. The van der Waals surface area contributed by atoms with Gasteiger partial charge in [-0.25, -0.2) is 0 Å². The van der Waals surface area contributed by atoms with Crippen LogP contribution in [0, 0.1) is 0 Å². The number of carbonyl (C=O) groups excluding carboxylic acids is 1. The van der Waals surface area contributed by atoms with Crippen LogP contribution in [0.2, 0.25) is 5.02 Å². The topological polar surface area (TPSA) is 59.6 Å². The molecule has 0 bridgehead atoms. The maximum absolute atomic E-state index is 12.3. The van der Waals surface area contributed by atoms with E-state index in [4.69, 9.17) is 33.3 Å². The number of halogens is 2. The highest BCUT2D eigenvalue weighted by Crippen LogP contribution is 2.27. The van der Waals surface area contributed by atoms with Crippen LogP contribution in [0.25, 0.3) is 0 Å². The highest BCUT2D eigenvalue weighted by Gasteiger charge is 2.11. The third kappa shape index (κ3) is 5.59. The molecule has 2 N–H and O–H groups in total. The molecule has 0 spiro atoms. The first-order valence-electron chi connectivity index (χ1n) is 7.82. The molecule has 0 atom stereocenters. The van der Waals surface area contributed by atoms with Crippen LogP contribution in [0.15, 0.2) is 40.9 Å². The van der Waals surface area contributed by atoms with Gasteiger partial charge >= 0.3 is 0 Å². The van der Waals surface area contributed by atoms with Gasteiger partial charge in [0.1, 0.15) is 11.5 Å². The molecule has 0 saturated carbocycles. The van der Waals surface area contributed by atoms with Crippen LogP contribution in [0.3, 0.4) is 0 Å². The van der Waals surface area contributed by atoms with E-state index in [0.717, 1.165) is 6.42 Å². The van der Waals surface area contributed by atoms with Crippen LogP contribution in [0.4, 0.5) is 5.69 Å². The zero-order valence-corrected chi connectivity index (χ0v) is 17.4. The second kappa shape index (κ2) is 9.75. The predicted molar refractivity (Wildman–Crippen MR) is 112 cm³/mol. The van der Waals surface area contributed by atoms with Gasteiger partial charge in [-0.15, -0.1) is 0 Å². The quantitative estimate of drug-likeness (QED) is 0.596. The number of hydrogen-bond acceptors (Lipinski definition) is 4. The van der Waals surface area contributed by atoms with Crippen molar-refractivity contribution in [3.8, 4) is 11.5 Å². The molecule has 0 aliphatic heterocycles. The normalized spacial score (nSPS) is 10.2. The smallest absolute Gasteiger partial charge is 0.257 e. The summed E-state index contributed by atoms with van der Waals surface area (Å²) in [4.78, 5) is 12.3. The lowest BCUT2D eigenvalue weighted by molar-refractivity contribution is 0.0977. The number of methoxy groups -OCH3 is 1. The van der Waals surface area contributed by atoms with Gasteiger partial charge in [0.2, 0.25) is 0 Å². The van der Waals surface area contributed by atoms with Gasteiger partial charge in [-0.2, -0.15) is 0 Å². The standard InChI is InChI=1S/C18H18BrClN2O3S/c1-3-8-25-15-6-4-11(9-13(15)19)17(23)22-18(26)21-12-5-7-16(24-2)14(20)10-12/h4-7,9-10H,3,8H2,1-2H3,(H2,21,22,23,26). The first kappa shape index (κ1) is 20.5. The third-order valence-electron chi connectivity index (χ3n) is 3.29. The van der Waals surface area contributed by atoms with Crippen molar-refractivity contribution < 1.29 is 14.3 Å². The minimum absolute atomic E-state index is 0.165. The molecule has 0 saturated heterocycles. The van der Waals surface area contributed by atoms with Crippen molar-refractivity contribution in [3.05, 3.63) is 51.5 Å². The molecule has 138 valence electrons. The lowest BCUT2D eigenvalue weighted by atomic mass is 10.2.